The topological polar surface area (TPSA) is 82.1 Å². The van der Waals surface area contributed by atoms with Crippen LogP contribution in [-0.2, 0) is 9.53 Å². The summed E-state index contributed by atoms with van der Waals surface area (Å²) in [6, 6.07) is 1.94. The van der Waals surface area contributed by atoms with Crippen molar-refractivity contribution in [1.82, 2.24) is 19.8 Å². The van der Waals surface area contributed by atoms with Crippen molar-refractivity contribution in [3.05, 3.63) is 12.3 Å². The Morgan fingerprint density at radius 3 is 2.48 bits per heavy atom. The SMILES string of the molecule is O=C(CN1CCOC1=O)N1CCN(c2ccnc(N3CCCCC3)n2)CC1. The monoisotopic (exact) mass is 374 g/mol. The quantitative estimate of drug-likeness (QED) is 0.762. The number of ether oxygens (including phenoxy) is 1. The van der Waals surface area contributed by atoms with Crippen molar-refractivity contribution in [3.63, 3.8) is 0 Å². The van der Waals surface area contributed by atoms with Crippen molar-refractivity contribution < 1.29 is 14.3 Å². The zero-order valence-corrected chi connectivity index (χ0v) is 15.5. The van der Waals surface area contributed by atoms with E-state index in [0.717, 1.165) is 37.9 Å². The van der Waals surface area contributed by atoms with Crippen LogP contribution in [0, 0.1) is 0 Å². The van der Waals surface area contributed by atoms with Crippen LogP contribution in [0.5, 0.6) is 0 Å². The maximum atomic E-state index is 12.4. The van der Waals surface area contributed by atoms with Crippen LogP contribution >= 0.6 is 0 Å². The van der Waals surface area contributed by atoms with Gasteiger partial charge in [-0.3, -0.25) is 9.69 Å². The molecule has 0 saturated carbocycles. The minimum absolute atomic E-state index is 0.0230. The summed E-state index contributed by atoms with van der Waals surface area (Å²) in [6.45, 7) is 5.72. The summed E-state index contributed by atoms with van der Waals surface area (Å²) < 4.78 is 4.88. The fraction of sp³-hybridized carbons (Fsp3) is 0.667. The molecule has 3 aliphatic heterocycles. The first-order valence-corrected chi connectivity index (χ1v) is 9.73. The van der Waals surface area contributed by atoms with Gasteiger partial charge in [-0.2, -0.15) is 4.98 Å². The molecule has 1 aromatic heterocycles. The summed E-state index contributed by atoms with van der Waals surface area (Å²) in [7, 11) is 0. The average molecular weight is 374 g/mol. The van der Waals surface area contributed by atoms with Gasteiger partial charge in [-0.15, -0.1) is 0 Å². The second-order valence-electron chi connectivity index (χ2n) is 7.17. The Morgan fingerprint density at radius 1 is 1.00 bits per heavy atom. The van der Waals surface area contributed by atoms with E-state index in [2.05, 4.69) is 14.8 Å². The maximum Gasteiger partial charge on any atom is 0.410 e. The summed E-state index contributed by atoms with van der Waals surface area (Å²) in [4.78, 5) is 40.8. The molecule has 2 amide bonds. The number of piperazine rings is 1. The molecule has 0 radical (unpaired) electrons. The van der Waals surface area contributed by atoms with Crippen LogP contribution in [0.15, 0.2) is 12.3 Å². The van der Waals surface area contributed by atoms with E-state index in [-0.39, 0.29) is 12.5 Å². The summed E-state index contributed by atoms with van der Waals surface area (Å²) >= 11 is 0. The number of anilines is 2. The second-order valence-corrected chi connectivity index (χ2v) is 7.17. The van der Waals surface area contributed by atoms with Gasteiger partial charge in [0.25, 0.3) is 0 Å². The fourth-order valence-corrected chi connectivity index (χ4v) is 3.78. The lowest BCUT2D eigenvalue weighted by Crippen LogP contribution is -2.51. The molecule has 0 unspecified atom stereocenters. The predicted molar refractivity (Wildman–Crippen MR) is 99.8 cm³/mol. The Balaban J connectivity index is 1.32. The number of cyclic esters (lactones) is 1. The molecule has 0 aromatic carbocycles. The minimum atomic E-state index is -0.395. The normalized spacial score (nSPS) is 20.8. The molecule has 3 fully saturated rings. The highest BCUT2D eigenvalue weighted by Gasteiger charge is 2.28. The van der Waals surface area contributed by atoms with Crippen LogP contribution in [0.4, 0.5) is 16.6 Å². The molecule has 9 heteroatoms. The van der Waals surface area contributed by atoms with Gasteiger partial charge in [0.15, 0.2) is 0 Å². The maximum absolute atomic E-state index is 12.4. The molecule has 1 aromatic rings. The van der Waals surface area contributed by atoms with Crippen LogP contribution in [0.2, 0.25) is 0 Å². The molecule has 27 heavy (non-hydrogen) atoms. The summed E-state index contributed by atoms with van der Waals surface area (Å²) in [5.41, 5.74) is 0. The summed E-state index contributed by atoms with van der Waals surface area (Å²) in [5.74, 6) is 1.70. The van der Waals surface area contributed by atoms with E-state index >= 15 is 0 Å². The van der Waals surface area contributed by atoms with E-state index in [1.165, 1.54) is 24.2 Å². The van der Waals surface area contributed by atoms with E-state index in [1.54, 1.807) is 0 Å². The van der Waals surface area contributed by atoms with Crippen molar-refractivity contribution in [2.75, 3.05) is 68.8 Å². The van der Waals surface area contributed by atoms with Crippen LogP contribution in [0.25, 0.3) is 0 Å². The highest BCUT2D eigenvalue weighted by molar-refractivity contribution is 5.83. The van der Waals surface area contributed by atoms with E-state index in [9.17, 15) is 9.59 Å². The van der Waals surface area contributed by atoms with Gasteiger partial charge in [-0.25, -0.2) is 9.78 Å². The van der Waals surface area contributed by atoms with Crippen molar-refractivity contribution in [3.8, 4) is 0 Å². The van der Waals surface area contributed by atoms with Crippen molar-refractivity contribution in [2.45, 2.75) is 19.3 Å². The molecule has 3 saturated heterocycles. The van der Waals surface area contributed by atoms with Gasteiger partial charge in [0.2, 0.25) is 11.9 Å². The third-order valence-corrected chi connectivity index (χ3v) is 5.39. The molecule has 0 spiro atoms. The van der Waals surface area contributed by atoms with Gasteiger partial charge in [-0.05, 0) is 25.3 Å². The number of hydrogen-bond donors (Lipinski definition) is 0. The summed E-state index contributed by atoms with van der Waals surface area (Å²) in [6.07, 6.45) is 5.09. The number of rotatable bonds is 4. The fourth-order valence-electron chi connectivity index (χ4n) is 3.78. The number of carbonyl (C=O) groups excluding carboxylic acids is 2. The molecule has 0 atom stereocenters. The molecule has 0 N–H and O–H groups in total. The number of amides is 2. The molecular weight excluding hydrogens is 348 g/mol. The van der Waals surface area contributed by atoms with Crippen LogP contribution < -0.4 is 9.80 Å². The molecular formula is C18H26N6O3. The molecule has 0 bridgehead atoms. The van der Waals surface area contributed by atoms with Gasteiger partial charge < -0.3 is 19.4 Å². The van der Waals surface area contributed by atoms with Crippen LogP contribution in [0.1, 0.15) is 19.3 Å². The third-order valence-electron chi connectivity index (χ3n) is 5.39. The first-order valence-electron chi connectivity index (χ1n) is 9.73. The van der Waals surface area contributed by atoms with E-state index in [0.29, 0.717) is 26.2 Å². The van der Waals surface area contributed by atoms with Crippen LogP contribution in [-0.4, -0.2) is 90.7 Å². The number of nitrogens with zero attached hydrogens (tertiary/aromatic N) is 6. The molecule has 3 aliphatic rings. The number of carbonyl (C=O) groups is 2. The Kier molecular flexibility index (Phi) is 5.26. The first kappa shape index (κ1) is 17.8. The largest absolute Gasteiger partial charge is 0.448 e. The predicted octanol–water partition coefficient (Wildman–Crippen LogP) is 0.568. The first-order chi connectivity index (χ1) is 13.2. The number of hydrogen-bond acceptors (Lipinski definition) is 7. The standard InChI is InChI=1S/C18H26N6O3/c25-16(14-24-12-13-27-18(24)26)22-10-8-21(9-11-22)15-4-5-19-17(20-15)23-6-2-1-3-7-23/h4-5H,1-3,6-14H2. The van der Waals surface area contributed by atoms with Crippen LogP contribution in [0.3, 0.4) is 0 Å². The van der Waals surface area contributed by atoms with Gasteiger partial charge in [0.1, 0.15) is 19.0 Å². The highest BCUT2D eigenvalue weighted by Crippen LogP contribution is 2.20. The average Bonchev–Trinajstić information content (AvgIpc) is 3.13. The smallest absolute Gasteiger partial charge is 0.410 e. The van der Waals surface area contributed by atoms with Gasteiger partial charge in [0.05, 0.1) is 6.54 Å². The molecule has 9 nitrogen and oxygen atoms in total. The molecule has 146 valence electrons. The van der Waals surface area contributed by atoms with Crippen molar-refractivity contribution >= 4 is 23.8 Å². The van der Waals surface area contributed by atoms with E-state index < -0.39 is 6.09 Å². The Labute approximate surface area is 158 Å². The lowest BCUT2D eigenvalue weighted by Gasteiger charge is -2.36. The van der Waals surface area contributed by atoms with Gasteiger partial charge in [-0.1, -0.05) is 0 Å². The zero-order chi connectivity index (χ0) is 18.6. The Morgan fingerprint density at radius 2 is 1.78 bits per heavy atom. The lowest BCUT2D eigenvalue weighted by molar-refractivity contribution is -0.132. The van der Waals surface area contributed by atoms with Gasteiger partial charge >= 0.3 is 6.09 Å². The number of piperidine rings is 1. The van der Waals surface area contributed by atoms with Gasteiger partial charge in [0, 0.05) is 45.5 Å². The van der Waals surface area contributed by atoms with Crippen molar-refractivity contribution in [2.24, 2.45) is 0 Å². The lowest BCUT2D eigenvalue weighted by atomic mass is 10.1. The van der Waals surface area contributed by atoms with Crippen molar-refractivity contribution in [1.29, 1.82) is 0 Å². The molecule has 0 aliphatic carbocycles. The number of aromatic nitrogens is 2. The highest BCUT2D eigenvalue weighted by atomic mass is 16.6. The molecule has 4 rings (SSSR count). The third kappa shape index (κ3) is 4.06. The minimum Gasteiger partial charge on any atom is -0.448 e. The van der Waals surface area contributed by atoms with E-state index in [4.69, 9.17) is 9.72 Å². The Bertz CT molecular complexity index is 685. The zero-order valence-electron chi connectivity index (χ0n) is 15.5. The molecule has 4 heterocycles. The second kappa shape index (κ2) is 7.98. The Hall–Kier alpha value is -2.58. The summed E-state index contributed by atoms with van der Waals surface area (Å²) in [5, 5.41) is 0. The van der Waals surface area contributed by atoms with E-state index in [1.807, 2.05) is 17.2 Å².